The van der Waals surface area contributed by atoms with Crippen molar-refractivity contribution < 1.29 is 0 Å². The Balaban J connectivity index is 1.02. The minimum atomic E-state index is -0.168. The van der Waals surface area contributed by atoms with Gasteiger partial charge in [0.15, 0.2) is 0 Å². The Labute approximate surface area is 327 Å². The number of anilines is 3. The largest absolute Gasteiger partial charge is 0.310 e. The molecule has 3 saturated carbocycles. The number of hydrogen-bond acceptors (Lipinski definition) is 1. The van der Waals surface area contributed by atoms with E-state index in [1.807, 2.05) is 0 Å². The summed E-state index contributed by atoms with van der Waals surface area (Å²) in [6.07, 6.45) is 12.4. The fraction of sp³-hybridized carbons (Fsp3) is 0.296. The Bertz CT molecular complexity index is 2580. The van der Waals surface area contributed by atoms with Gasteiger partial charge >= 0.3 is 0 Å². The Morgan fingerprint density at radius 1 is 0.491 bits per heavy atom. The highest BCUT2D eigenvalue weighted by Gasteiger charge is 2.40. The van der Waals surface area contributed by atoms with Crippen molar-refractivity contribution in [3.05, 3.63) is 162 Å². The van der Waals surface area contributed by atoms with Crippen LogP contribution in [0, 0.1) is 11.8 Å². The molecule has 7 aromatic rings. The molecule has 0 heterocycles. The average molecular weight is 714 g/mol. The summed E-state index contributed by atoms with van der Waals surface area (Å²) in [5, 5.41) is 5.24. The lowest BCUT2D eigenvalue weighted by Crippen LogP contribution is -2.17. The Morgan fingerprint density at radius 2 is 1.20 bits per heavy atom. The summed E-state index contributed by atoms with van der Waals surface area (Å²) < 4.78 is 0. The van der Waals surface area contributed by atoms with Crippen LogP contribution >= 0.6 is 0 Å². The molecule has 1 nitrogen and oxygen atoms in total. The number of rotatable bonds is 6. The van der Waals surface area contributed by atoms with E-state index in [1.54, 1.807) is 5.56 Å². The summed E-state index contributed by atoms with van der Waals surface area (Å²) in [6.45, 7) is 4.87. The second kappa shape index (κ2) is 13.0. The first-order valence-corrected chi connectivity index (χ1v) is 21.2. The van der Waals surface area contributed by atoms with E-state index in [0.29, 0.717) is 5.92 Å². The fourth-order valence-electron chi connectivity index (χ4n) is 11.7. The third-order valence-electron chi connectivity index (χ3n) is 14.5. The molecule has 11 rings (SSSR count). The highest BCUT2D eigenvalue weighted by molar-refractivity contribution is 5.94. The van der Waals surface area contributed by atoms with E-state index in [1.165, 1.54) is 135 Å². The zero-order chi connectivity index (χ0) is 36.7. The third-order valence-corrected chi connectivity index (χ3v) is 14.5. The van der Waals surface area contributed by atoms with Crippen molar-refractivity contribution in [2.45, 2.75) is 88.9 Å². The molecule has 0 N–H and O–H groups in total. The molecule has 1 heteroatoms. The summed E-state index contributed by atoms with van der Waals surface area (Å²) in [7, 11) is 0. The van der Waals surface area contributed by atoms with Crippen LogP contribution in [-0.4, -0.2) is 0 Å². The predicted octanol–water partition coefficient (Wildman–Crippen LogP) is 15.4. The topological polar surface area (TPSA) is 3.24 Å². The maximum Gasteiger partial charge on any atom is 0.0468 e. The van der Waals surface area contributed by atoms with Crippen LogP contribution in [0.15, 0.2) is 140 Å². The summed E-state index contributed by atoms with van der Waals surface area (Å²) in [4.78, 5) is 2.53. The lowest BCUT2D eigenvalue weighted by atomic mass is 9.78. The van der Waals surface area contributed by atoms with Crippen molar-refractivity contribution in [1.82, 2.24) is 0 Å². The van der Waals surface area contributed by atoms with E-state index >= 15 is 0 Å². The first-order valence-electron chi connectivity index (χ1n) is 21.2. The number of hydrogen-bond donors (Lipinski definition) is 0. The second-order valence-corrected chi connectivity index (χ2v) is 18.0. The van der Waals surface area contributed by atoms with Crippen LogP contribution in [0.3, 0.4) is 0 Å². The van der Waals surface area contributed by atoms with Crippen molar-refractivity contribution >= 4 is 38.6 Å². The lowest BCUT2D eigenvalue weighted by Gasteiger charge is -2.29. The average Bonchev–Trinajstić information content (AvgIpc) is 3.94. The monoisotopic (exact) mass is 713 g/mol. The van der Waals surface area contributed by atoms with Gasteiger partial charge in [-0.15, -0.1) is 0 Å². The lowest BCUT2D eigenvalue weighted by molar-refractivity contribution is 0.420. The van der Waals surface area contributed by atoms with Gasteiger partial charge in [-0.05, 0) is 164 Å². The summed E-state index contributed by atoms with van der Waals surface area (Å²) in [6, 6.07) is 54.0. The van der Waals surface area contributed by atoms with E-state index < -0.39 is 0 Å². The number of benzene rings is 7. The molecular formula is C54H51N. The normalized spacial score (nSPS) is 21.2. The molecule has 4 aliphatic rings. The summed E-state index contributed by atoms with van der Waals surface area (Å²) >= 11 is 0. The molecular weight excluding hydrogens is 663 g/mol. The van der Waals surface area contributed by atoms with E-state index in [9.17, 15) is 0 Å². The molecule has 0 aliphatic heterocycles. The zero-order valence-electron chi connectivity index (χ0n) is 32.4. The predicted molar refractivity (Wildman–Crippen MR) is 233 cm³/mol. The minimum absolute atomic E-state index is 0.168. The quantitative estimate of drug-likeness (QED) is 0.166. The molecule has 0 spiro atoms. The van der Waals surface area contributed by atoms with Gasteiger partial charge in [0.25, 0.3) is 0 Å². The summed E-state index contributed by atoms with van der Waals surface area (Å²) in [5.74, 6) is 3.25. The molecule has 0 radical (unpaired) electrons. The maximum atomic E-state index is 2.53. The standard InChI is InChI=1S/C54H51N/c1-54(2)52-34-47(27-28-49(52)50-14-8-13-48(53(50)54)43-20-18-37-11-6-7-12-40(37)31-43)55(45-24-22-39(23-25-45)51-30-35-15-16-42(51)29-35)46-26-21-38-17-19-41(32-44(38)33-46)36-9-4-3-5-10-36/h6-8,11-14,17-28,31-36,42,51H,3-5,9-10,15-16,29-30H2,1-2H3. The van der Waals surface area contributed by atoms with E-state index in [4.69, 9.17) is 0 Å². The second-order valence-electron chi connectivity index (χ2n) is 18.0. The summed E-state index contributed by atoms with van der Waals surface area (Å²) in [5.41, 5.74) is 14.8. The fourth-order valence-corrected chi connectivity index (χ4v) is 11.7. The Morgan fingerprint density at radius 3 is 2.02 bits per heavy atom. The van der Waals surface area contributed by atoms with Gasteiger partial charge in [0.05, 0.1) is 0 Å². The van der Waals surface area contributed by atoms with Crippen molar-refractivity contribution in [3.63, 3.8) is 0 Å². The molecule has 0 amide bonds. The molecule has 7 aromatic carbocycles. The molecule has 4 aliphatic carbocycles. The van der Waals surface area contributed by atoms with Gasteiger partial charge in [-0.3, -0.25) is 0 Å². The molecule has 0 saturated heterocycles. The van der Waals surface area contributed by atoms with Gasteiger partial charge in [-0.2, -0.15) is 0 Å². The Kier molecular flexibility index (Phi) is 7.84. The van der Waals surface area contributed by atoms with Gasteiger partial charge in [-0.25, -0.2) is 0 Å². The van der Waals surface area contributed by atoms with E-state index in [-0.39, 0.29) is 5.41 Å². The third kappa shape index (κ3) is 5.56. The Hall–Kier alpha value is -5.14. The van der Waals surface area contributed by atoms with Gasteiger partial charge in [0, 0.05) is 22.5 Å². The van der Waals surface area contributed by atoms with Crippen LogP contribution in [0.1, 0.15) is 106 Å². The van der Waals surface area contributed by atoms with Gasteiger partial charge < -0.3 is 4.90 Å². The van der Waals surface area contributed by atoms with Crippen molar-refractivity contribution in [3.8, 4) is 22.3 Å². The highest BCUT2D eigenvalue weighted by atomic mass is 15.1. The molecule has 55 heavy (non-hydrogen) atoms. The SMILES string of the molecule is CC1(C)c2cc(N(c3ccc(C4CC5CCC4C5)cc3)c3ccc4ccc(C5CCCCC5)cc4c3)ccc2-c2cccc(-c3ccc4ccccc4c3)c21. The minimum Gasteiger partial charge on any atom is -0.310 e. The number of fused-ring (bicyclic) bond motifs is 7. The van der Waals surface area contributed by atoms with Gasteiger partial charge in [-0.1, -0.05) is 137 Å². The molecule has 272 valence electrons. The van der Waals surface area contributed by atoms with Crippen LogP contribution in [0.5, 0.6) is 0 Å². The van der Waals surface area contributed by atoms with E-state index in [2.05, 4.69) is 158 Å². The van der Waals surface area contributed by atoms with Crippen LogP contribution in [0.25, 0.3) is 43.8 Å². The van der Waals surface area contributed by atoms with Crippen molar-refractivity contribution in [2.24, 2.45) is 11.8 Å². The highest BCUT2D eigenvalue weighted by Crippen LogP contribution is 2.55. The maximum absolute atomic E-state index is 2.53. The molecule has 0 aromatic heterocycles. The van der Waals surface area contributed by atoms with Crippen molar-refractivity contribution in [1.29, 1.82) is 0 Å². The zero-order valence-corrected chi connectivity index (χ0v) is 32.4. The molecule has 3 atom stereocenters. The van der Waals surface area contributed by atoms with Gasteiger partial charge in [0.1, 0.15) is 0 Å². The molecule has 2 bridgehead atoms. The van der Waals surface area contributed by atoms with Crippen molar-refractivity contribution in [2.75, 3.05) is 4.90 Å². The van der Waals surface area contributed by atoms with Crippen LogP contribution in [-0.2, 0) is 5.41 Å². The van der Waals surface area contributed by atoms with Gasteiger partial charge in [0.2, 0.25) is 0 Å². The molecule has 3 fully saturated rings. The first kappa shape index (κ1) is 33.2. The van der Waals surface area contributed by atoms with Crippen LogP contribution in [0.4, 0.5) is 17.1 Å². The number of nitrogens with zero attached hydrogens (tertiary/aromatic N) is 1. The van der Waals surface area contributed by atoms with Crippen LogP contribution in [0.2, 0.25) is 0 Å². The molecule has 3 unspecified atom stereocenters. The first-order chi connectivity index (χ1) is 27.0. The smallest absolute Gasteiger partial charge is 0.0468 e. The van der Waals surface area contributed by atoms with E-state index in [0.717, 1.165) is 17.8 Å². The van der Waals surface area contributed by atoms with Crippen LogP contribution < -0.4 is 4.90 Å².